The molecule has 0 aliphatic rings. The summed E-state index contributed by atoms with van der Waals surface area (Å²) in [7, 11) is 2.83. The van der Waals surface area contributed by atoms with Gasteiger partial charge < -0.3 is 23.9 Å². The Bertz CT molecular complexity index is 1430. The molecular weight excluding hydrogens is 451 g/mol. The Hall–Kier alpha value is -4.40. The summed E-state index contributed by atoms with van der Waals surface area (Å²) >= 11 is 0. The summed E-state index contributed by atoms with van der Waals surface area (Å²) in [5.41, 5.74) is 2.96. The first-order valence-electron chi connectivity index (χ1n) is 10.9. The van der Waals surface area contributed by atoms with Crippen molar-refractivity contribution in [3.8, 4) is 11.4 Å². The number of aromatic nitrogens is 3. The fraction of sp³-hybridized carbons (Fsp3) is 0.192. The third-order valence-electron chi connectivity index (χ3n) is 5.68. The van der Waals surface area contributed by atoms with Crippen molar-refractivity contribution in [2.75, 3.05) is 19.5 Å². The molecule has 1 atom stereocenters. The number of ether oxygens (including phenoxy) is 2. The van der Waals surface area contributed by atoms with Crippen molar-refractivity contribution in [2.24, 2.45) is 0 Å². The number of esters is 1. The van der Waals surface area contributed by atoms with Crippen LogP contribution in [0.15, 0.2) is 72.0 Å². The van der Waals surface area contributed by atoms with Gasteiger partial charge in [0.05, 0.1) is 43.5 Å². The van der Waals surface area contributed by atoms with Crippen molar-refractivity contribution in [2.45, 2.75) is 19.9 Å². The molecule has 2 aromatic heterocycles. The molecule has 2 heterocycles. The van der Waals surface area contributed by atoms with Crippen LogP contribution in [0.3, 0.4) is 0 Å². The summed E-state index contributed by atoms with van der Waals surface area (Å²) < 4.78 is 27.1. The molecule has 8 nitrogen and oxygen atoms in total. The molecule has 2 aromatic carbocycles. The largest absolute Gasteiger partial charge is 0.494 e. The molecule has 4 aromatic rings. The van der Waals surface area contributed by atoms with Crippen molar-refractivity contribution in [3.05, 3.63) is 100 Å². The molecule has 9 heteroatoms. The van der Waals surface area contributed by atoms with Gasteiger partial charge in [0.2, 0.25) is 0 Å². The second-order valence-corrected chi connectivity index (χ2v) is 8.01. The van der Waals surface area contributed by atoms with Crippen LogP contribution in [0.5, 0.6) is 5.75 Å². The predicted molar refractivity (Wildman–Crippen MR) is 130 cm³/mol. The monoisotopic (exact) mass is 476 g/mol. The quantitative estimate of drug-likeness (QED) is 0.392. The summed E-state index contributed by atoms with van der Waals surface area (Å²) in [6.07, 6.45) is 5.01. The van der Waals surface area contributed by atoms with Crippen LogP contribution in [0.2, 0.25) is 0 Å². The van der Waals surface area contributed by atoms with E-state index in [1.807, 2.05) is 23.8 Å². The third-order valence-corrected chi connectivity index (χ3v) is 5.68. The number of nitrogens with one attached hydrogen (secondary N) is 1. The molecule has 0 saturated heterocycles. The van der Waals surface area contributed by atoms with Gasteiger partial charge >= 0.3 is 5.97 Å². The standard InChI is InChI=1S/C26H25FN4O4/c1-16-13-30(15-28-16)23-10-9-21(12-24(23)34-3)29-22-11-19(26(33)35-4)14-31(25(22)32)17(2)18-5-7-20(27)8-6-18/h5-15,17,29H,1-4H3. The maximum absolute atomic E-state index is 13.4. The third kappa shape index (κ3) is 4.93. The average molecular weight is 477 g/mol. The smallest absolute Gasteiger partial charge is 0.339 e. The number of carbonyl (C=O) groups is 1. The van der Waals surface area contributed by atoms with Crippen molar-refractivity contribution in [3.63, 3.8) is 0 Å². The number of rotatable bonds is 7. The van der Waals surface area contributed by atoms with Gasteiger partial charge in [-0.25, -0.2) is 14.2 Å². The second-order valence-electron chi connectivity index (χ2n) is 8.01. The fourth-order valence-corrected chi connectivity index (χ4v) is 3.79. The lowest BCUT2D eigenvalue weighted by Crippen LogP contribution is -2.27. The molecule has 35 heavy (non-hydrogen) atoms. The lowest BCUT2D eigenvalue weighted by atomic mass is 10.1. The lowest BCUT2D eigenvalue weighted by molar-refractivity contribution is 0.0599. The van der Waals surface area contributed by atoms with Crippen LogP contribution < -0.4 is 15.6 Å². The number of anilines is 2. The zero-order chi connectivity index (χ0) is 25.1. The number of nitrogens with zero attached hydrogens (tertiary/aromatic N) is 3. The Morgan fingerprint density at radius 1 is 1.09 bits per heavy atom. The molecule has 4 rings (SSSR count). The van der Waals surface area contributed by atoms with Crippen LogP contribution in [0, 0.1) is 12.7 Å². The molecule has 1 unspecified atom stereocenters. The second kappa shape index (κ2) is 9.84. The van der Waals surface area contributed by atoms with Crippen molar-refractivity contribution in [1.29, 1.82) is 0 Å². The predicted octanol–water partition coefficient (Wildman–Crippen LogP) is 4.63. The number of carbonyl (C=O) groups excluding carboxylic acids is 1. The summed E-state index contributed by atoms with van der Waals surface area (Å²) in [5.74, 6) is -0.393. The Balaban J connectivity index is 1.75. The van der Waals surface area contributed by atoms with Gasteiger partial charge in [0.1, 0.15) is 17.3 Å². The Kier molecular flexibility index (Phi) is 6.68. The normalized spacial score (nSPS) is 11.7. The van der Waals surface area contributed by atoms with E-state index in [1.165, 1.54) is 36.1 Å². The molecule has 0 radical (unpaired) electrons. The molecule has 0 saturated carbocycles. The molecule has 0 fully saturated rings. The number of halogens is 1. The van der Waals surface area contributed by atoms with Crippen LogP contribution in [0.1, 0.15) is 34.6 Å². The van der Waals surface area contributed by atoms with E-state index in [0.717, 1.165) is 11.4 Å². The first kappa shape index (κ1) is 23.7. The summed E-state index contributed by atoms with van der Waals surface area (Å²) in [4.78, 5) is 30.0. The van der Waals surface area contributed by atoms with Gasteiger partial charge in [-0.1, -0.05) is 12.1 Å². The highest BCUT2D eigenvalue weighted by Gasteiger charge is 2.18. The van der Waals surface area contributed by atoms with Crippen LogP contribution in [-0.4, -0.2) is 34.3 Å². The van der Waals surface area contributed by atoms with Gasteiger partial charge in [0, 0.05) is 24.1 Å². The highest BCUT2D eigenvalue weighted by molar-refractivity contribution is 5.90. The minimum Gasteiger partial charge on any atom is -0.494 e. The minimum atomic E-state index is -0.587. The van der Waals surface area contributed by atoms with Crippen LogP contribution in [-0.2, 0) is 4.74 Å². The average Bonchev–Trinajstić information content (AvgIpc) is 3.30. The van der Waals surface area contributed by atoms with Crippen LogP contribution >= 0.6 is 0 Å². The van der Waals surface area contributed by atoms with Gasteiger partial charge in [-0.05, 0) is 49.7 Å². The van der Waals surface area contributed by atoms with E-state index in [0.29, 0.717) is 17.0 Å². The highest BCUT2D eigenvalue weighted by atomic mass is 19.1. The molecule has 0 amide bonds. The molecule has 0 spiro atoms. The van der Waals surface area contributed by atoms with Crippen LogP contribution in [0.4, 0.5) is 15.8 Å². The Morgan fingerprint density at radius 2 is 1.83 bits per heavy atom. The van der Waals surface area contributed by atoms with Crippen molar-refractivity contribution < 1.29 is 18.7 Å². The van der Waals surface area contributed by atoms with E-state index in [-0.39, 0.29) is 22.6 Å². The Labute approximate surface area is 201 Å². The minimum absolute atomic E-state index is 0.176. The van der Waals surface area contributed by atoms with Gasteiger partial charge in [-0.15, -0.1) is 0 Å². The number of hydrogen-bond donors (Lipinski definition) is 1. The zero-order valence-electron chi connectivity index (χ0n) is 19.8. The molecule has 180 valence electrons. The number of methoxy groups -OCH3 is 2. The summed E-state index contributed by atoms with van der Waals surface area (Å²) in [5, 5.41) is 3.10. The molecule has 1 N–H and O–H groups in total. The first-order valence-corrected chi connectivity index (χ1v) is 10.9. The van der Waals surface area contributed by atoms with Crippen molar-refractivity contribution >= 4 is 17.3 Å². The van der Waals surface area contributed by atoms with Gasteiger partial charge in [-0.2, -0.15) is 0 Å². The number of imidazole rings is 1. The molecule has 0 aliphatic heterocycles. The van der Waals surface area contributed by atoms with E-state index in [1.54, 1.807) is 44.6 Å². The summed E-state index contributed by atoms with van der Waals surface area (Å²) in [6.45, 7) is 3.69. The maximum Gasteiger partial charge on any atom is 0.339 e. The lowest BCUT2D eigenvalue weighted by Gasteiger charge is -2.19. The van der Waals surface area contributed by atoms with Gasteiger partial charge in [0.15, 0.2) is 0 Å². The Morgan fingerprint density at radius 3 is 2.46 bits per heavy atom. The number of aryl methyl sites for hydroxylation is 1. The van der Waals surface area contributed by atoms with Gasteiger partial charge in [-0.3, -0.25) is 4.79 Å². The van der Waals surface area contributed by atoms with E-state index in [4.69, 9.17) is 9.47 Å². The fourth-order valence-electron chi connectivity index (χ4n) is 3.79. The first-order chi connectivity index (χ1) is 16.8. The number of benzene rings is 2. The van der Waals surface area contributed by atoms with E-state index in [2.05, 4.69) is 10.3 Å². The van der Waals surface area contributed by atoms with E-state index < -0.39 is 12.0 Å². The maximum atomic E-state index is 13.4. The number of hydrogen-bond acceptors (Lipinski definition) is 6. The molecular formula is C26H25FN4O4. The van der Waals surface area contributed by atoms with Gasteiger partial charge in [0.25, 0.3) is 5.56 Å². The topological polar surface area (TPSA) is 87.4 Å². The molecule has 0 bridgehead atoms. The SMILES string of the molecule is COC(=O)c1cc(Nc2ccc(-n3cnc(C)c3)c(OC)c2)c(=O)n(C(C)c2ccc(F)cc2)c1. The number of pyridine rings is 1. The molecule has 0 aliphatic carbocycles. The van der Waals surface area contributed by atoms with Crippen LogP contribution in [0.25, 0.3) is 5.69 Å². The zero-order valence-corrected chi connectivity index (χ0v) is 19.8. The highest BCUT2D eigenvalue weighted by Crippen LogP contribution is 2.28. The van der Waals surface area contributed by atoms with E-state index >= 15 is 0 Å². The van der Waals surface area contributed by atoms with Crippen molar-refractivity contribution in [1.82, 2.24) is 14.1 Å². The van der Waals surface area contributed by atoms with E-state index in [9.17, 15) is 14.0 Å². The summed E-state index contributed by atoms with van der Waals surface area (Å²) in [6, 6.07) is 12.2.